The fourth-order valence-corrected chi connectivity index (χ4v) is 3.20. The third kappa shape index (κ3) is 4.12. The molecule has 0 unspecified atom stereocenters. The van der Waals surface area contributed by atoms with E-state index in [1.54, 1.807) is 32.4 Å². The first-order valence-corrected chi connectivity index (χ1v) is 9.43. The number of H-pyrrole nitrogens is 1. The normalized spacial score (nSPS) is 10.9. The smallest absolute Gasteiger partial charge is 0.306 e. The number of benzene rings is 2. The van der Waals surface area contributed by atoms with Gasteiger partial charge >= 0.3 is 5.97 Å². The summed E-state index contributed by atoms with van der Waals surface area (Å²) in [6.45, 7) is -0.0851. The molecule has 0 radical (unpaired) electrons. The van der Waals surface area contributed by atoms with Crippen molar-refractivity contribution < 1.29 is 23.5 Å². The van der Waals surface area contributed by atoms with Crippen LogP contribution in [-0.4, -0.2) is 35.3 Å². The van der Waals surface area contributed by atoms with E-state index >= 15 is 0 Å². The number of methoxy groups -OCH3 is 2. The molecule has 0 saturated carbocycles. The molecule has 0 amide bonds. The first-order valence-electron chi connectivity index (χ1n) is 9.43. The number of carbonyl (C=O) groups excluding carboxylic acids is 1. The van der Waals surface area contributed by atoms with Gasteiger partial charge in [-0.05, 0) is 30.2 Å². The number of hydrogen-bond acceptors (Lipinski definition) is 7. The van der Waals surface area contributed by atoms with E-state index in [2.05, 4.69) is 15.1 Å². The van der Waals surface area contributed by atoms with Gasteiger partial charge in [-0.15, -0.1) is 0 Å². The lowest BCUT2D eigenvalue weighted by Gasteiger charge is -2.07. The van der Waals surface area contributed by atoms with Crippen LogP contribution in [0.15, 0.2) is 53.2 Å². The van der Waals surface area contributed by atoms with Gasteiger partial charge in [0.05, 0.1) is 19.8 Å². The van der Waals surface area contributed by atoms with Crippen LogP contribution in [0.5, 0.6) is 11.5 Å². The average molecular weight is 407 g/mol. The SMILES string of the molecule is COc1ccc(-c2noc(COC(=O)CCc3c[nH]c4ccccc34)n2)c(OC)c1. The first kappa shape index (κ1) is 19.5. The summed E-state index contributed by atoms with van der Waals surface area (Å²) in [7, 11) is 3.13. The number of aromatic amines is 1. The zero-order chi connectivity index (χ0) is 20.9. The molecule has 0 spiro atoms. The number of rotatable bonds is 8. The summed E-state index contributed by atoms with van der Waals surface area (Å²) < 4.78 is 21.0. The second-order valence-electron chi connectivity index (χ2n) is 6.60. The summed E-state index contributed by atoms with van der Waals surface area (Å²) in [5.41, 5.74) is 2.78. The minimum Gasteiger partial charge on any atom is -0.497 e. The Hall–Kier alpha value is -3.81. The fraction of sp³-hybridized carbons (Fsp3) is 0.227. The van der Waals surface area contributed by atoms with Crippen molar-refractivity contribution in [3.05, 3.63) is 60.1 Å². The molecule has 8 heteroatoms. The highest BCUT2D eigenvalue weighted by molar-refractivity contribution is 5.83. The molecule has 0 aliphatic rings. The Morgan fingerprint density at radius 2 is 2.00 bits per heavy atom. The molecule has 30 heavy (non-hydrogen) atoms. The van der Waals surface area contributed by atoms with E-state index in [4.69, 9.17) is 18.7 Å². The van der Waals surface area contributed by atoms with Gasteiger partial charge in [-0.2, -0.15) is 4.98 Å². The van der Waals surface area contributed by atoms with E-state index < -0.39 is 0 Å². The van der Waals surface area contributed by atoms with Gasteiger partial charge < -0.3 is 23.7 Å². The maximum Gasteiger partial charge on any atom is 0.306 e. The minimum absolute atomic E-state index is 0.0851. The van der Waals surface area contributed by atoms with Crippen LogP contribution < -0.4 is 9.47 Å². The molecular weight excluding hydrogens is 386 g/mol. The lowest BCUT2D eigenvalue weighted by Crippen LogP contribution is -2.06. The van der Waals surface area contributed by atoms with Crippen molar-refractivity contribution in [2.75, 3.05) is 14.2 Å². The van der Waals surface area contributed by atoms with Crippen LogP contribution in [0, 0.1) is 0 Å². The second kappa shape index (κ2) is 8.69. The molecule has 2 aromatic heterocycles. The highest BCUT2D eigenvalue weighted by atomic mass is 16.6. The number of nitrogens with zero attached hydrogens (tertiary/aromatic N) is 2. The second-order valence-corrected chi connectivity index (χ2v) is 6.60. The van der Waals surface area contributed by atoms with Crippen LogP contribution in [-0.2, 0) is 22.6 Å². The Labute approximate surface area is 172 Å². The summed E-state index contributed by atoms with van der Waals surface area (Å²) >= 11 is 0. The molecule has 1 N–H and O–H groups in total. The van der Waals surface area contributed by atoms with Crippen LogP contribution in [0.25, 0.3) is 22.3 Å². The lowest BCUT2D eigenvalue weighted by molar-refractivity contribution is -0.145. The van der Waals surface area contributed by atoms with Gasteiger partial charge in [-0.25, -0.2) is 0 Å². The Balaban J connectivity index is 1.35. The van der Waals surface area contributed by atoms with Gasteiger partial charge in [0.25, 0.3) is 5.89 Å². The topological polar surface area (TPSA) is 99.5 Å². The van der Waals surface area contributed by atoms with E-state index in [9.17, 15) is 4.79 Å². The van der Waals surface area contributed by atoms with Crippen molar-refractivity contribution in [2.24, 2.45) is 0 Å². The first-order chi connectivity index (χ1) is 14.7. The van der Waals surface area contributed by atoms with E-state index in [0.717, 1.165) is 16.5 Å². The third-order valence-electron chi connectivity index (χ3n) is 4.75. The van der Waals surface area contributed by atoms with Crippen LogP contribution in [0.4, 0.5) is 0 Å². The number of ether oxygens (including phenoxy) is 3. The van der Waals surface area contributed by atoms with Crippen molar-refractivity contribution in [1.82, 2.24) is 15.1 Å². The number of aromatic nitrogens is 3. The minimum atomic E-state index is -0.331. The van der Waals surface area contributed by atoms with Crippen molar-refractivity contribution in [3.8, 4) is 22.9 Å². The van der Waals surface area contributed by atoms with Crippen LogP contribution >= 0.6 is 0 Å². The third-order valence-corrected chi connectivity index (χ3v) is 4.75. The Morgan fingerprint density at radius 3 is 2.83 bits per heavy atom. The number of aryl methyl sites for hydroxylation is 1. The van der Waals surface area contributed by atoms with Crippen LogP contribution in [0.3, 0.4) is 0 Å². The molecule has 154 valence electrons. The number of esters is 1. The zero-order valence-electron chi connectivity index (χ0n) is 16.7. The summed E-state index contributed by atoms with van der Waals surface area (Å²) in [5, 5.41) is 5.06. The highest BCUT2D eigenvalue weighted by Crippen LogP contribution is 2.31. The molecule has 2 heterocycles. The predicted molar refractivity (Wildman–Crippen MR) is 109 cm³/mol. The van der Waals surface area contributed by atoms with E-state index in [0.29, 0.717) is 29.3 Å². The summed E-state index contributed by atoms with van der Waals surface area (Å²) in [4.78, 5) is 19.6. The van der Waals surface area contributed by atoms with Gasteiger partial charge in [0.1, 0.15) is 11.5 Å². The number of nitrogens with one attached hydrogen (secondary N) is 1. The summed E-state index contributed by atoms with van der Waals surface area (Å²) in [6, 6.07) is 13.3. The van der Waals surface area contributed by atoms with Crippen LogP contribution in [0.2, 0.25) is 0 Å². The monoisotopic (exact) mass is 407 g/mol. The number of fused-ring (bicyclic) bond motifs is 1. The lowest BCUT2D eigenvalue weighted by atomic mass is 10.1. The summed E-state index contributed by atoms with van der Waals surface area (Å²) in [6.07, 6.45) is 2.76. The van der Waals surface area contributed by atoms with Crippen molar-refractivity contribution in [3.63, 3.8) is 0 Å². The number of para-hydroxylation sites is 1. The van der Waals surface area contributed by atoms with E-state index in [1.165, 1.54) is 0 Å². The van der Waals surface area contributed by atoms with Gasteiger partial charge in [-0.1, -0.05) is 23.4 Å². The van der Waals surface area contributed by atoms with Gasteiger partial charge in [0.2, 0.25) is 5.82 Å². The van der Waals surface area contributed by atoms with Crippen molar-refractivity contribution >= 4 is 16.9 Å². The van der Waals surface area contributed by atoms with E-state index in [-0.39, 0.29) is 24.9 Å². The quantitative estimate of drug-likeness (QED) is 0.442. The van der Waals surface area contributed by atoms with Crippen molar-refractivity contribution in [2.45, 2.75) is 19.4 Å². The van der Waals surface area contributed by atoms with Gasteiger partial charge in [0, 0.05) is 29.6 Å². The summed E-state index contributed by atoms with van der Waals surface area (Å²) in [5.74, 6) is 1.44. The standard InChI is InChI=1S/C22H21N3O5/c1-27-15-8-9-17(19(11-15)28-2)22-24-20(30-25-22)13-29-21(26)10-7-14-12-23-18-6-4-3-5-16(14)18/h3-6,8-9,11-12,23H,7,10,13H2,1-2H3. The molecule has 4 rings (SSSR count). The Bertz CT molecular complexity index is 1160. The molecule has 2 aromatic carbocycles. The van der Waals surface area contributed by atoms with Crippen molar-refractivity contribution in [1.29, 1.82) is 0 Å². The largest absolute Gasteiger partial charge is 0.497 e. The van der Waals surface area contributed by atoms with Gasteiger partial charge in [-0.3, -0.25) is 4.79 Å². The molecule has 0 fully saturated rings. The molecule has 0 aliphatic heterocycles. The molecule has 0 saturated heterocycles. The zero-order valence-corrected chi connectivity index (χ0v) is 16.7. The van der Waals surface area contributed by atoms with Gasteiger partial charge in [0.15, 0.2) is 6.61 Å². The Kier molecular flexibility index (Phi) is 5.65. The Morgan fingerprint density at radius 1 is 1.13 bits per heavy atom. The molecule has 8 nitrogen and oxygen atoms in total. The number of hydrogen-bond donors (Lipinski definition) is 1. The van der Waals surface area contributed by atoms with Crippen LogP contribution in [0.1, 0.15) is 17.9 Å². The number of carbonyl (C=O) groups is 1. The van der Waals surface area contributed by atoms with E-state index in [1.807, 2.05) is 30.5 Å². The predicted octanol–water partition coefficient (Wildman–Crippen LogP) is 3.91. The maximum atomic E-state index is 12.1. The molecule has 4 aromatic rings. The molecule has 0 atom stereocenters. The maximum absolute atomic E-state index is 12.1. The molecule has 0 aliphatic carbocycles. The molecular formula is C22H21N3O5. The average Bonchev–Trinajstić information content (AvgIpc) is 3.43. The highest BCUT2D eigenvalue weighted by Gasteiger charge is 2.16. The fourth-order valence-electron chi connectivity index (χ4n) is 3.20. The molecule has 0 bridgehead atoms.